The van der Waals surface area contributed by atoms with Crippen molar-refractivity contribution < 1.29 is 18.3 Å². The molecule has 0 aromatic heterocycles. The van der Waals surface area contributed by atoms with Gasteiger partial charge in [0.25, 0.3) is 0 Å². The number of carboxylic acids is 1. The third-order valence-electron chi connectivity index (χ3n) is 5.09. The van der Waals surface area contributed by atoms with Gasteiger partial charge in [-0.1, -0.05) is 36.4 Å². The zero-order valence-electron chi connectivity index (χ0n) is 15.5. The molecule has 1 fully saturated rings. The van der Waals surface area contributed by atoms with Gasteiger partial charge < -0.3 is 5.11 Å². The normalized spacial score (nSPS) is 19.1. The van der Waals surface area contributed by atoms with Crippen molar-refractivity contribution in [3.8, 4) is 0 Å². The first-order valence-electron chi connectivity index (χ1n) is 8.91. The molecule has 0 bridgehead atoms. The summed E-state index contributed by atoms with van der Waals surface area (Å²) < 4.78 is 27.7. The summed E-state index contributed by atoms with van der Waals surface area (Å²) in [5.74, 6) is -1.12. The lowest BCUT2D eigenvalue weighted by Crippen LogP contribution is -2.53. The van der Waals surface area contributed by atoms with Crippen molar-refractivity contribution in [3.63, 3.8) is 0 Å². The Labute approximate surface area is 160 Å². The number of carbonyl (C=O) groups is 1. The highest BCUT2D eigenvalue weighted by molar-refractivity contribution is 7.89. The second kappa shape index (κ2) is 7.80. The van der Waals surface area contributed by atoms with E-state index in [-0.39, 0.29) is 22.1 Å². The van der Waals surface area contributed by atoms with Crippen molar-refractivity contribution in [1.29, 1.82) is 0 Å². The van der Waals surface area contributed by atoms with Crippen LogP contribution in [0, 0.1) is 6.92 Å². The number of piperazine rings is 1. The van der Waals surface area contributed by atoms with Gasteiger partial charge in [0.1, 0.15) is 0 Å². The number of nitrogens with zero attached hydrogens (tertiary/aromatic N) is 2. The zero-order chi connectivity index (χ0) is 19.6. The average molecular weight is 388 g/mol. The second-order valence-corrected chi connectivity index (χ2v) is 8.81. The fourth-order valence-corrected chi connectivity index (χ4v) is 5.26. The van der Waals surface area contributed by atoms with Crippen LogP contribution in [0.1, 0.15) is 28.4 Å². The summed E-state index contributed by atoms with van der Waals surface area (Å²) in [5.41, 5.74) is 1.50. The van der Waals surface area contributed by atoms with Crippen molar-refractivity contribution in [1.82, 2.24) is 9.21 Å². The average Bonchev–Trinajstić information content (AvgIpc) is 2.64. The van der Waals surface area contributed by atoms with Crippen molar-refractivity contribution in [2.75, 3.05) is 19.6 Å². The van der Waals surface area contributed by atoms with Crippen molar-refractivity contribution in [2.45, 2.75) is 31.3 Å². The molecular weight excluding hydrogens is 364 g/mol. The van der Waals surface area contributed by atoms with E-state index in [4.69, 9.17) is 0 Å². The lowest BCUT2D eigenvalue weighted by atomic mass is 10.1. The molecule has 1 aliphatic rings. The van der Waals surface area contributed by atoms with E-state index in [9.17, 15) is 18.3 Å². The maximum Gasteiger partial charge on any atom is 0.335 e. The number of hydrogen-bond acceptors (Lipinski definition) is 4. The summed E-state index contributed by atoms with van der Waals surface area (Å²) >= 11 is 0. The minimum Gasteiger partial charge on any atom is -0.478 e. The fourth-order valence-electron chi connectivity index (χ4n) is 3.50. The molecule has 0 radical (unpaired) electrons. The number of carboxylic acid groups (broad SMARTS) is 1. The molecule has 1 heterocycles. The monoisotopic (exact) mass is 388 g/mol. The standard InChI is InChI=1S/C20H24N2O4S/c1-15-13-22(12-11-21(15)14-17-7-4-3-5-8-17)27(25,26)19-10-6-9-18(16(19)2)20(23)24/h3-10,15H,11-14H2,1-2H3,(H,23,24). The molecule has 0 spiro atoms. The summed E-state index contributed by atoms with van der Waals surface area (Å²) in [6, 6.07) is 14.6. The molecule has 0 aliphatic carbocycles. The van der Waals surface area contributed by atoms with Crippen LogP contribution in [-0.4, -0.2) is 54.4 Å². The molecule has 1 aliphatic heterocycles. The summed E-state index contributed by atoms with van der Waals surface area (Å²) in [6.07, 6.45) is 0. The number of benzene rings is 2. The van der Waals surface area contributed by atoms with Crippen LogP contribution < -0.4 is 0 Å². The van der Waals surface area contributed by atoms with Crippen LogP contribution in [0.4, 0.5) is 0 Å². The van der Waals surface area contributed by atoms with Gasteiger partial charge in [0.15, 0.2) is 0 Å². The Balaban J connectivity index is 1.78. The van der Waals surface area contributed by atoms with Crippen LogP contribution >= 0.6 is 0 Å². The van der Waals surface area contributed by atoms with Gasteiger partial charge in [-0.15, -0.1) is 0 Å². The maximum absolute atomic E-state index is 13.1. The lowest BCUT2D eigenvalue weighted by Gasteiger charge is -2.39. The van der Waals surface area contributed by atoms with Gasteiger partial charge in [-0.2, -0.15) is 4.31 Å². The second-order valence-electron chi connectivity index (χ2n) is 6.90. The van der Waals surface area contributed by atoms with Crippen LogP contribution in [0.15, 0.2) is 53.4 Å². The molecule has 7 heteroatoms. The molecule has 27 heavy (non-hydrogen) atoms. The SMILES string of the molecule is Cc1c(C(=O)O)cccc1S(=O)(=O)N1CCN(Cc2ccccc2)C(C)C1. The first-order valence-corrected chi connectivity index (χ1v) is 10.4. The maximum atomic E-state index is 13.1. The first-order chi connectivity index (χ1) is 12.8. The molecule has 1 atom stereocenters. The van der Waals surface area contributed by atoms with E-state index in [0.29, 0.717) is 19.6 Å². The highest BCUT2D eigenvalue weighted by Gasteiger charge is 2.33. The van der Waals surface area contributed by atoms with Gasteiger partial charge in [0, 0.05) is 32.2 Å². The van der Waals surface area contributed by atoms with E-state index in [1.165, 1.54) is 28.1 Å². The van der Waals surface area contributed by atoms with Crippen LogP contribution in [0.2, 0.25) is 0 Å². The minimum absolute atomic E-state index is 0.0202. The Morgan fingerprint density at radius 3 is 2.44 bits per heavy atom. The number of sulfonamides is 1. The van der Waals surface area contributed by atoms with Crippen LogP contribution in [0.25, 0.3) is 0 Å². The Hall–Kier alpha value is -2.22. The van der Waals surface area contributed by atoms with Crippen LogP contribution in [-0.2, 0) is 16.6 Å². The van der Waals surface area contributed by atoms with E-state index < -0.39 is 16.0 Å². The van der Waals surface area contributed by atoms with Crippen LogP contribution in [0.3, 0.4) is 0 Å². The molecule has 0 saturated carbocycles. The number of rotatable bonds is 5. The molecule has 0 amide bonds. The predicted octanol–water partition coefficient (Wildman–Crippen LogP) is 2.59. The molecule has 3 rings (SSSR count). The Morgan fingerprint density at radius 1 is 1.11 bits per heavy atom. The van der Waals surface area contributed by atoms with E-state index in [0.717, 1.165) is 6.54 Å². The lowest BCUT2D eigenvalue weighted by molar-refractivity contribution is 0.0695. The van der Waals surface area contributed by atoms with Crippen LogP contribution in [0.5, 0.6) is 0 Å². The Morgan fingerprint density at radius 2 is 1.81 bits per heavy atom. The summed E-state index contributed by atoms with van der Waals surface area (Å²) in [6.45, 7) is 5.75. The predicted molar refractivity (Wildman–Crippen MR) is 103 cm³/mol. The van der Waals surface area contributed by atoms with Gasteiger partial charge >= 0.3 is 5.97 Å². The number of aromatic carboxylic acids is 1. The van der Waals surface area contributed by atoms with E-state index in [1.807, 2.05) is 25.1 Å². The highest BCUT2D eigenvalue weighted by atomic mass is 32.2. The van der Waals surface area contributed by atoms with E-state index in [1.54, 1.807) is 6.92 Å². The van der Waals surface area contributed by atoms with Crippen molar-refractivity contribution in [3.05, 3.63) is 65.2 Å². The van der Waals surface area contributed by atoms with E-state index in [2.05, 4.69) is 17.0 Å². The van der Waals surface area contributed by atoms with Gasteiger partial charge in [-0.25, -0.2) is 13.2 Å². The zero-order valence-corrected chi connectivity index (χ0v) is 16.3. The smallest absolute Gasteiger partial charge is 0.335 e. The van der Waals surface area contributed by atoms with Crippen molar-refractivity contribution in [2.24, 2.45) is 0 Å². The molecule has 1 unspecified atom stereocenters. The highest BCUT2D eigenvalue weighted by Crippen LogP contribution is 2.25. The summed E-state index contributed by atoms with van der Waals surface area (Å²) in [4.78, 5) is 13.7. The molecule has 6 nitrogen and oxygen atoms in total. The van der Waals surface area contributed by atoms with Crippen molar-refractivity contribution >= 4 is 16.0 Å². The van der Waals surface area contributed by atoms with Gasteiger partial charge in [-0.05, 0) is 37.1 Å². The Kier molecular flexibility index (Phi) is 5.64. The molecule has 1 saturated heterocycles. The van der Waals surface area contributed by atoms with E-state index >= 15 is 0 Å². The fraction of sp³-hybridized carbons (Fsp3) is 0.350. The molecule has 2 aromatic carbocycles. The molecule has 2 aromatic rings. The first kappa shape index (κ1) is 19.5. The van der Waals surface area contributed by atoms with Gasteiger partial charge in [-0.3, -0.25) is 4.90 Å². The Bertz CT molecular complexity index is 928. The largest absolute Gasteiger partial charge is 0.478 e. The third-order valence-corrected chi connectivity index (χ3v) is 7.10. The van der Waals surface area contributed by atoms with Gasteiger partial charge in [0.2, 0.25) is 10.0 Å². The minimum atomic E-state index is -3.73. The topological polar surface area (TPSA) is 77.9 Å². The van der Waals surface area contributed by atoms with Gasteiger partial charge in [0.05, 0.1) is 10.5 Å². The molecule has 144 valence electrons. The quantitative estimate of drug-likeness (QED) is 0.852. The summed E-state index contributed by atoms with van der Waals surface area (Å²) in [5, 5.41) is 9.27. The molecule has 1 N–H and O–H groups in total. The third kappa shape index (κ3) is 4.05. The number of hydrogen-bond donors (Lipinski definition) is 1. The summed E-state index contributed by atoms with van der Waals surface area (Å²) in [7, 11) is -3.73. The molecular formula is C20H24N2O4S.